The van der Waals surface area contributed by atoms with Crippen molar-refractivity contribution in [1.82, 2.24) is 19.5 Å². The molecule has 3 aromatic heterocycles. The van der Waals surface area contributed by atoms with E-state index < -0.39 is 6.55 Å². The van der Waals surface area contributed by atoms with Crippen molar-refractivity contribution in [3.63, 3.8) is 0 Å². The lowest BCUT2D eigenvalue weighted by Gasteiger charge is -2.07. The van der Waals surface area contributed by atoms with Gasteiger partial charge < -0.3 is 0 Å². The fourth-order valence-corrected chi connectivity index (χ4v) is 4.40. The summed E-state index contributed by atoms with van der Waals surface area (Å²) in [7, 11) is 0. The van der Waals surface area contributed by atoms with Gasteiger partial charge in [-0.15, -0.1) is 11.3 Å². The van der Waals surface area contributed by atoms with Crippen LogP contribution in [0.3, 0.4) is 0 Å². The number of hydrogen-bond donors (Lipinski definition) is 0. The number of halogens is 2. The lowest BCUT2D eigenvalue weighted by atomic mass is 10.2. The van der Waals surface area contributed by atoms with Crippen molar-refractivity contribution < 1.29 is 8.78 Å². The van der Waals surface area contributed by atoms with E-state index in [1.165, 1.54) is 29.0 Å². The summed E-state index contributed by atoms with van der Waals surface area (Å²) in [6.45, 7) is 3.36. The Bertz CT molecular complexity index is 826. The van der Waals surface area contributed by atoms with Gasteiger partial charge in [-0.2, -0.15) is 8.78 Å². The Labute approximate surface area is 134 Å². The van der Waals surface area contributed by atoms with Crippen LogP contribution in [0.1, 0.15) is 28.6 Å². The van der Waals surface area contributed by atoms with Crippen LogP contribution in [0.15, 0.2) is 17.4 Å². The maximum atomic E-state index is 12.9. The molecule has 8 heteroatoms. The van der Waals surface area contributed by atoms with Crippen molar-refractivity contribution in [1.29, 1.82) is 0 Å². The first-order valence-corrected chi connectivity index (χ1v) is 8.44. The van der Waals surface area contributed by atoms with Gasteiger partial charge in [0.25, 0.3) is 0 Å². The van der Waals surface area contributed by atoms with E-state index in [1.54, 1.807) is 11.3 Å². The van der Waals surface area contributed by atoms with Crippen LogP contribution in [0.4, 0.5) is 8.78 Å². The van der Waals surface area contributed by atoms with Crippen LogP contribution in [-0.4, -0.2) is 19.5 Å². The minimum Gasteiger partial charge on any atom is -0.277 e. The zero-order chi connectivity index (χ0) is 15.9. The van der Waals surface area contributed by atoms with Crippen LogP contribution in [0.25, 0.3) is 10.2 Å². The summed E-state index contributed by atoms with van der Waals surface area (Å²) < 4.78 is 26.6. The van der Waals surface area contributed by atoms with Crippen molar-refractivity contribution in [3.8, 4) is 0 Å². The summed E-state index contributed by atoms with van der Waals surface area (Å²) in [5, 5.41) is 1.85. The number of thioether (sulfide) groups is 1. The largest absolute Gasteiger partial charge is 0.319 e. The van der Waals surface area contributed by atoms with Crippen LogP contribution < -0.4 is 0 Å². The molecule has 0 radical (unpaired) electrons. The Morgan fingerprint density at radius 3 is 2.77 bits per heavy atom. The van der Waals surface area contributed by atoms with Crippen molar-refractivity contribution >= 4 is 33.3 Å². The highest BCUT2D eigenvalue weighted by atomic mass is 32.2. The van der Waals surface area contributed by atoms with Crippen LogP contribution in [0.2, 0.25) is 0 Å². The smallest absolute Gasteiger partial charge is 0.277 e. The number of aromatic nitrogens is 4. The molecule has 0 aliphatic rings. The molecule has 0 saturated heterocycles. The maximum absolute atomic E-state index is 12.9. The van der Waals surface area contributed by atoms with Gasteiger partial charge in [-0.1, -0.05) is 11.8 Å². The molecule has 0 aromatic carbocycles. The van der Waals surface area contributed by atoms with Gasteiger partial charge in [0.15, 0.2) is 0 Å². The number of thiophene rings is 1. The number of hydrogen-bond acceptors (Lipinski definition) is 5. The second-order valence-electron chi connectivity index (χ2n) is 4.86. The van der Waals surface area contributed by atoms with E-state index in [2.05, 4.69) is 21.9 Å². The van der Waals surface area contributed by atoms with E-state index in [4.69, 9.17) is 0 Å². The van der Waals surface area contributed by atoms with Gasteiger partial charge in [-0.25, -0.2) is 15.0 Å². The molecule has 0 N–H and O–H groups in total. The molecular weight excluding hydrogens is 326 g/mol. The van der Waals surface area contributed by atoms with Crippen LogP contribution in [0, 0.1) is 20.8 Å². The van der Waals surface area contributed by atoms with Gasteiger partial charge in [0.05, 0.1) is 5.75 Å². The third-order valence-corrected chi connectivity index (χ3v) is 5.48. The Kier molecular flexibility index (Phi) is 4.14. The van der Waals surface area contributed by atoms with E-state index >= 15 is 0 Å². The van der Waals surface area contributed by atoms with E-state index in [0.29, 0.717) is 17.4 Å². The number of rotatable bonds is 4. The quantitative estimate of drug-likeness (QED) is 0.518. The van der Waals surface area contributed by atoms with Gasteiger partial charge >= 0.3 is 6.55 Å². The molecule has 0 bridgehead atoms. The zero-order valence-electron chi connectivity index (χ0n) is 12.3. The minimum absolute atomic E-state index is 0.342. The van der Waals surface area contributed by atoms with Gasteiger partial charge in [0.2, 0.25) is 0 Å². The molecule has 0 aliphatic heterocycles. The number of fused-ring (bicyclic) bond motifs is 1. The second kappa shape index (κ2) is 5.92. The average molecular weight is 340 g/mol. The average Bonchev–Trinajstić information content (AvgIpc) is 3.02. The molecule has 0 atom stereocenters. The summed E-state index contributed by atoms with van der Waals surface area (Å²) in [4.78, 5) is 15.1. The van der Waals surface area contributed by atoms with E-state index in [-0.39, 0.29) is 0 Å². The van der Waals surface area contributed by atoms with E-state index in [0.717, 1.165) is 25.4 Å². The lowest BCUT2D eigenvalue weighted by Crippen LogP contribution is -2.02. The molecule has 0 amide bonds. The predicted molar refractivity (Wildman–Crippen MR) is 84.7 cm³/mol. The number of aryl methyl sites for hydroxylation is 3. The first-order chi connectivity index (χ1) is 10.5. The third kappa shape index (κ3) is 2.72. The normalized spacial score (nSPS) is 11.7. The van der Waals surface area contributed by atoms with Gasteiger partial charge in [-0.3, -0.25) is 4.57 Å². The second-order valence-corrected chi connectivity index (χ2v) is 7.02. The summed E-state index contributed by atoms with van der Waals surface area (Å²) in [6.07, 6.45) is 2.68. The Hall–Kier alpha value is -1.54. The van der Waals surface area contributed by atoms with E-state index in [9.17, 15) is 8.78 Å². The molecular formula is C14H14F2N4S2. The first kappa shape index (κ1) is 15.4. The summed E-state index contributed by atoms with van der Waals surface area (Å²) >= 11 is 3.05. The Morgan fingerprint density at radius 2 is 2.05 bits per heavy atom. The highest BCUT2D eigenvalue weighted by molar-refractivity contribution is 7.98. The molecule has 116 valence electrons. The molecule has 0 spiro atoms. The number of imidazole rings is 1. The highest BCUT2D eigenvalue weighted by Gasteiger charge is 2.16. The standard InChI is InChI=1S/C14H14F2N4S2/c1-7-8(2)22-13-11(7)12(18-9(3)19-13)21-6-10-17-4-5-20(10)14(15)16/h4-5,14H,6H2,1-3H3. The molecule has 0 saturated carbocycles. The Morgan fingerprint density at radius 1 is 1.27 bits per heavy atom. The van der Waals surface area contributed by atoms with Crippen LogP contribution in [-0.2, 0) is 5.75 Å². The molecule has 4 nitrogen and oxygen atoms in total. The summed E-state index contributed by atoms with van der Waals surface area (Å²) in [5.41, 5.74) is 1.15. The molecule has 0 fully saturated rings. The van der Waals surface area contributed by atoms with Crippen molar-refractivity contribution in [2.45, 2.75) is 38.1 Å². The molecule has 0 unspecified atom stereocenters. The molecule has 3 rings (SSSR count). The molecule has 0 aliphatic carbocycles. The zero-order valence-corrected chi connectivity index (χ0v) is 13.9. The van der Waals surface area contributed by atoms with Crippen LogP contribution in [0.5, 0.6) is 0 Å². The highest BCUT2D eigenvalue weighted by Crippen LogP contribution is 2.36. The van der Waals surface area contributed by atoms with Crippen LogP contribution >= 0.6 is 23.1 Å². The van der Waals surface area contributed by atoms with Gasteiger partial charge in [0, 0.05) is 22.7 Å². The first-order valence-electron chi connectivity index (χ1n) is 6.64. The molecule has 3 aromatic rings. The van der Waals surface area contributed by atoms with Crippen molar-refractivity contribution in [2.24, 2.45) is 0 Å². The van der Waals surface area contributed by atoms with Gasteiger partial charge in [-0.05, 0) is 26.3 Å². The topological polar surface area (TPSA) is 43.6 Å². The molecule has 3 heterocycles. The number of nitrogens with zero attached hydrogens (tertiary/aromatic N) is 4. The van der Waals surface area contributed by atoms with Crippen molar-refractivity contribution in [2.75, 3.05) is 0 Å². The maximum Gasteiger partial charge on any atom is 0.319 e. The summed E-state index contributed by atoms with van der Waals surface area (Å²) in [6, 6.07) is 0. The monoisotopic (exact) mass is 340 g/mol. The third-order valence-electron chi connectivity index (χ3n) is 3.40. The fraction of sp³-hybridized carbons (Fsp3) is 0.357. The lowest BCUT2D eigenvalue weighted by molar-refractivity contribution is 0.0678. The van der Waals surface area contributed by atoms with E-state index in [1.807, 2.05) is 13.8 Å². The molecule has 22 heavy (non-hydrogen) atoms. The Balaban J connectivity index is 1.95. The van der Waals surface area contributed by atoms with Crippen molar-refractivity contribution in [3.05, 3.63) is 34.5 Å². The minimum atomic E-state index is -2.57. The fourth-order valence-electron chi connectivity index (χ4n) is 2.19. The predicted octanol–water partition coefficient (Wildman–Crippen LogP) is 4.50. The number of alkyl halides is 2. The SMILES string of the molecule is Cc1nc(SCc2nccn2C(F)F)c2c(C)c(C)sc2n1. The van der Waals surface area contributed by atoms with Gasteiger partial charge in [0.1, 0.15) is 21.5 Å². The summed E-state index contributed by atoms with van der Waals surface area (Å²) in [5.74, 6) is 1.37.